The van der Waals surface area contributed by atoms with Crippen molar-refractivity contribution in [3.63, 3.8) is 0 Å². The third kappa shape index (κ3) is 3.20. The van der Waals surface area contributed by atoms with Crippen molar-refractivity contribution in [2.24, 2.45) is 0 Å². The van der Waals surface area contributed by atoms with Gasteiger partial charge in [0.2, 0.25) is 11.7 Å². The van der Waals surface area contributed by atoms with Crippen molar-refractivity contribution in [1.82, 2.24) is 4.98 Å². The van der Waals surface area contributed by atoms with E-state index >= 15 is 0 Å². The molecule has 20 heavy (non-hydrogen) atoms. The van der Waals surface area contributed by atoms with Crippen molar-refractivity contribution in [2.75, 3.05) is 0 Å². The number of benzene rings is 1. The van der Waals surface area contributed by atoms with Crippen LogP contribution in [0.2, 0.25) is 5.02 Å². The molecule has 1 heterocycles. The summed E-state index contributed by atoms with van der Waals surface area (Å²) < 4.78 is 5.40. The van der Waals surface area contributed by atoms with Crippen LogP contribution in [0.25, 0.3) is 0 Å². The van der Waals surface area contributed by atoms with Crippen LogP contribution in [0.15, 0.2) is 28.7 Å². The van der Waals surface area contributed by atoms with E-state index in [-0.39, 0.29) is 11.2 Å². The molecule has 1 aromatic heterocycles. The van der Waals surface area contributed by atoms with Crippen molar-refractivity contribution in [3.8, 4) is 0 Å². The molecule has 2 aromatic rings. The van der Waals surface area contributed by atoms with Crippen LogP contribution in [0.4, 0.5) is 0 Å². The van der Waals surface area contributed by atoms with Crippen LogP contribution in [0.3, 0.4) is 0 Å². The molecule has 1 aromatic carbocycles. The van der Waals surface area contributed by atoms with Crippen molar-refractivity contribution >= 4 is 17.6 Å². The van der Waals surface area contributed by atoms with Gasteiger partial charge in [-0.25, -0.2) is 9.78 Å². The Kier molecular flexibility index (Phi) is 3.86. The molecule has 0 radical (unpaired) electrons. The van der Waals surface area contributed by atoms with Crippen molar-refractivity contribution in [3.05, 3.63) is 52.2 Å². The van der Waals surface area contributed by atoms with Gasteiger partial charge in [-0.2, -0.15) is 0 Å². The highest BCUT2D eigenvalue weighted by atomic mass is 35.5. The molecular weight excluding hydrogens is 278 g/mol. The molecule has 0 saturated carbocycles. The van der Waals surface area contributed by atoms with Gasteiger partial charge in [0.05, 0.1) is 5.69 Å². The van der Waals surface area contributed by atoms with Gasteiger partial charge in [-0.15, -0.1) is 0 Å². The molecule has 1 N–H and O–H groups in total. The highest BCUT2D eigenvalue weighted by Gasteiger charge is 2.26. The van der Waals surface area contributed by atoms with Crippen molar-refractivity contribution in [2.45, 2.75) is 32.6 Å². The smallest absolute Gasteiger partial charge is 0.373 e. The fourth-order valence-electron chi connectivity index (χ4n) is 1.76. The van der Waals surface area contributed by atoms with E-state index in [1.165, 1.54) is 0 Å². The fourth-order valence-corrected chi connectivity index (χ4v) is 1.88. The van der Waals surface area contributed by atoms with Gasteiger partial charge in [0.15, 0.2) is 0 Å². The van der Waals surface area contributed by atoms with Crippen molar-refractivity contribution < 1.29 is 14.3 Å². The van der Waals surface area contributed by atoms with E-state index in [1.54, 1.807) is 12.1 Å². The van der Waals surface area contributed by atoms with E-state index in [9.17, 15) is 9.90 Å². The normalized spacial score (nSPS) is 11.6. The van der Waals surface area contributed by atoms with Crippen LogP contribution < -0.4 is 0 Å². The fraction of sp³-hybridized carbons (Fsp3) is 0.333. The zero-order valence-corrected chi connectivity index (χ0v) is 12.4. The Morgan fingerprint density at radius 1 is 1.30 bits per heavy atom. The molecule has 2 rings (SSSR count). The first-order valence-corrected chi connectivity index (χ1v) is 6.63. The zero-order chi connectivity index (χ0) is 14.9. The van der Waals surface area contributed by atoms with Crippen LogP contribution in [-0.4, -0.2) is 16.1 Å². The summed E-state index contributed by atoms with van der Waals surface area (Å²) in [7, 11) is 0. The number of nitrogens with zero attached hydrogens (tertiary/aromatic N) is 1. The lowest BCUT2D eigenvalue weighted by atomic mass is 9.97. The Labute approximate surface area is 122 Å². The Morgan fingerprint density at radius 2 is 1.90 bits per heavy atom. The molecule has 0 spiro atoms. The monoisotopic (exact) mass is 293 g/mol. The number of aromatic nitrogens is 1. The van der Waals surface area contributed by atoms with Gasteiger partial charge in [-0.05, 0) is 17.7 Å². The number of carboxylic acid groups (broad SMARTS) is 1. The Balaban J connectivity index is 2.37. The van der Waals surface area contributed by atoms with Gasteiger partial charge in [-0.3, -0.25) is 0 Å². The van der Waals surface area contributed by atoms with E-state index in [0.29, 0.717) is 23.0 Å². The molecule has 0 aliphatic rings. The summed E-state index contributed by atoms with van der Waals surface area (Å²) in [4.78, 5) is 15.6. The number of carboxylic acids is 1. The molecule has 5 heteroatoms. The molecule has 0 saturated heterocycles. The summed E-state index contributed by atoms with van der Waals surface area (Å²) in [5.41, 5.74) is 1.04. The quantitative estimate of drug-likeness (QED) is 0.932. The van der Waals surface area contributed by atoms with Gasteiger partial charge in [0.25, 0.3) is 0 Å². The summed E-state index contributed by atoms with van der Waals surface area (Å²) in [6.07, 6.45) is 0.401. The highest BCUT2D eigenvalue weighted by molar-refractivity contribution is 6.30. The van der Waals surface area contributed by atoms with E-state index in [0.717, 1.165) is 5.56 Å². The maximum absolute atomic E-state index is 11.3. The second kappa shape index (κ2) is 5.29. The first-order chi connectivity index (χ1) is 9.27. The lowest BCUT2D eigenvalue weighted by molar-refractivity contribution is 0.0657. The summed E-state index contributed by atoms with van der Waals surface area (Å²) >= 11 is 5.83. The van der Waals surface area contributed by atoms with Crippen molar-refractivity contribution in [1.29, 1.82) is 0 Å². The molecule has 4 nitrogen and oxygen atoms in total. The first kappa shape index (κ1) is 14.6. The van der Waals surface area contributed by atoms with E-state index in [4.69, 9.17) is 16.0 Å². The first-order valence-electron chi connectivity index (χ1n) is 6.25. The minimum atomic E-state index is -1.10. The van der Waals surface area contributed by atoms with Crippen LogP contribution in [0.1, 0.15) is 48.5 Å². The van der Waals surface area contributed by atoms with Gasteiger partial charge in [0, 0.05) is 16.9 Å². The minimum Gasteiger partial charge on any atom is -0.475 e. The average molecular weight is 294 g/mol. The lowest BCUT2D eigenvalue weighted by Gasteiger charge is -2.11. The zero-order valence-electron chi connectivity index (χ0n) is 11.6. The van der Waals surface area contributed by atoms with Gasteiger partial charge >= 0.3 is 5.97 Å². The molecule has 0 atom stereocenters. The molecule has 0 bridgehead atoms. The molecule has 106 valence electrons. The van der Waals surface area contributed by atoms with Crippen LogP contribution in [0.5, 0.6) is 0 Å². The summed E-state index contributed by atoms with van der Waals surface area (Å²) in [6, 6.07) is 7.23. The van der Waals surface area contributed by atoms with Gasteiger partial charge < -0.3 is 9.52 Å². The van der Waals surface area contributed by atoms with Crippen LogP contribution in [0, 0.1) is 0 Å². The number of hydrogen-bond donors (Lipinski definition) is 1. The molecule has 0 aliphatic carbocycles. The molecule has 0 fully saturated rings. The molecule has 0 amide bonds. The highest BCUT2D eigenvalue weighted by Crippen LogP contribution is 2.25. The van der Waals surface area contributed by atoms with Gasteiger partial charge in [0.1, 0.15) is 0 Å². The van der Waals surface area contributed by atoms with E-state index < -0.39 is 5.97 Å². The Hall–Kier alpha value is -1.81. The third-order valence-electron chi connectivity index (χ3n) is 2.82. The average Bonchev–Trinajstić information content (AvgIpc) is 2.76. The third-order valence-corrected chi connectivity index (χ3v) is 3.07. The summed E-state index contributed by atoms with van der Waals surface area (Å²) in [6.45, 7) is 5.78. The second-order valence-electron chi connectivity index (χ2n) is 5.65. The predicted octanol–water partition coefficient (Wildman–Crippen LogP) is 3.91. The number of rotatable bonds is 3. The van der Waals surface area contributed by atoms with Gasteiger partial charge in [-0.1, -0.05) is 44.5 Å². The second-order valence-corrected chi connectivity index (χ2v) is 6.09. The maximum Gasteiger partial charge on any atom is 0.373 e. The largest absolute Gasteiger partial charge is 0.475 e. The number of carbonyl (C=O) groups is 1. The Morgan fingerprint density at radius 3 is 2.40 bits per heavy atom. The lowest BCUT2D eigenvalue weighted by Crippen LogP contribution is -2.11. The van der Waals surface area contributed by atoms with Crippen LogP contribution >= 0.6 is 11.6 Å². The maximum atomic E-state index is 11.3. The molecule has 0 aliphatic heterocycles. The number of aromatic carboxylic acids is 1. The SMILES string of the molecule is CC(C)(C)c1nc(Cc2ccc(Cl)cc2)c(C(=O)O)o1. The predicted molar refractivity (Wildman–Crippen MR) is 76.4 cm³/mol. The Bertz CT molecular complexity index is 624. The molecule has 0 unspecified atom stereocenters. The van der Waals surface area contributed by atoms with E-state index in [1.807, 2.05) is 32.9 Å². The summed E-state index contributed by atoms with van der Waals surface area (Å²) in [5.74, 6) is -0.763. The molecular formula is C15H16ClNO3. The standard InChI is InChI=1S/C15H16ClNO3/c1-15(2,3)14-17-11(12(20-14)13(18)19)8-9-4-6-10(16)7-5-9/h4-7H,8H2,1-3H3,(H,18,19). The number of oxazole rings is 1. The topological polar surface area (TPSA) is 63.3 Å². The number of hydrogen-bond acceptors (Lipinski definition) is 3. The summed E-state index contributed by atoms with van der Waals surface area (Å²) in [5, 5.41) is 9.85. The van der Waals surface area contributed by atoms with Crippen LogP contribution in [-0.2, 0) is 11.8 Å². The number of halogens is 1. The minimum absolute atomic E-state index is 0.0927. The van der Waals surface area contributed by atoms with E-state index in [2.05, 4.69) is 4.98 Å².